The molecule has 4 N–H and O–H groups in total. The standard InChI is InChI=1S/C21H25N5O/c1-27-18-8-4-3-7-17(18)15-9-11-16(12-10-15)26-20(23)24-19(22)25-21(26)13-5-2-6-14-21/h3-4,7-12H,2,5-6,13-14H2,1H3,(H4,22,23,24,25). The molecule has 0 radical (unpaired) electrons. The zero-order chi connectivity index (χ0) is 18.9. The Balaban J connectivity index is 1.71. The molecule has 2 aromatic carbocycles. The fourth-order valence-corrected chi connectivity index (χ4v) is 4.17. The second kappa shape index (κ2) is 6.95. The lowest BCUT2D eigenvalue weighted by Gasteiger charge is -2.45. The minimum Gasteiger partial charge on any atom is -0.496 e. The van der Waals surface area contributed by atoms with E-state index in [2.05, 4.69) is 40.2 Å². The van der Waals surface area contributed by atoms with Gasteiger partial charge in [-0.2, -0.15) is 4.99 Å². The molecule has 0 aromatic heterocycles. The topological polar surface area (TPSA) is 89.2 Å². The SMILES string of the molecule is COc1ccccc1-c1ccc(N2C(N)=NC(N)=NC23CCCCC3)cc1. The number of hydrogen-bond donors (Lipinski definition) is 2. The lowest BCUT2D eigenvalue weighted by Crippen LogP contribution is -2.58. The van der Waals surface area contributed by atoms with E-state index < -0.39 is 5.66 Å². The summed E-state index contributed by atoms with van der Waals surface area (Å²) in [7, 11) is 1.69. The van der Waals surface area contributed by atoms with Gasteiger partial charge < -0.3 is 16.2 Å². The lowest BCUT2D eigenvalue weighted by molar-refractivity contribution is 0.305. The van der Waals surface area contributed by atoms with E-state index >= 15 is 0 Å². The summed E-state index contributed by atoms with van der Waals surface area (Å²) >= 11 is 0. The first kappa shape index (κ1) is 17.4. The Morgan fingerprint density at radius 2 is 1.67 bits per heavy atom. The number of ether oxygens (including phenoxy) is 1. The molecule has 4 rings (SSSR count). The second-order valence-electron chi connectivity index (χ2n) is 7.07. The first-order valence-electron chi connectivity index (χ1n) is 9.36. The van der Waals surface area contributed by atoms with Gasteiger partial charge in [0.1, 0.15) is 11.4 Å². The van der Waals surface area contributed by atoms with Crippen molar-refractivity contribution in [2.24, 2.45) is 21.5 Å². The van der Waals surface area contributed by atoms with Crippen molar-refractivity contribution in [3.63, 3.8) is 0 Å². The van der Waals surface area contributed by atoms with E-state index in [-0.39, 0.29) is 5.96 Å². The van der Waals surface area contributed by atoms with Crippen molar-refractivity contribution in [2.75, 3.05) is 12.0 Å². The quantitative estimate of drug-likeness (QED) is 0.874. The van der Waals surface area contributed by atoms with Crippen LogP contribution < -0.4 is 21.1 Å². The van der Waals surface area contributed by atoms with Gasteiger partial charge in [-0.1, -0.05) is 36.8 Å². The van der Waals surface area contributed by atoms with Crippen molar-refractivity contribution < 1.29 is 4.74 Å². The Morgan fingerprint density at radius 3 is 2.37 bits per heavy atom. The number of para-hydroxylation sites is 1. The monoisotopic (exact) mass is 363 g/mol. The first-order valence-corrected chi connectivity index (χ1v) is 9.36. The average molecular weight is 363 g/mol. The Hall–Kier alpha value is -3.02. The number of nitrogens with zero attached hydrogens (tertiary/aromatic N) is 3. The van der Waals surface area contributed by atoms with Crippen molar-refractivity contribution >= 4 is 17.6 Å². The molecule has 1 aliphatic carbocycles. The van der Waals surface area contributed by atoms with E-state index in [0.29, 0.717) is 5.96 Å². The predicted molar refractivity (Wildman–Crippen MR) is 110 cm³/mol. The third-order valence-electron chi connectivity index (χ3n) is 5.39. The van der Waals surface area contributed by atoms with Crippen molar-refractivity contribution in [2.45, 2.75) is 37.8 Å². The Labute approximate surface area is 159 Å². The summed E-state index contributed by atoms with van der Waals surface area (Å²) in [5.74, 6) is 1.54. The van der Waals surface area contributed by atoms with Gasteiger partial charge in [-0.3, -0.25) is 4.90 Å². The van der Waals surface area contributed by atoms with Gasteiger partial charge in [0.25, 0.3) is 0 Å². The number of methoxy groups -OCH3 is 1. The fourth-order valence-electron chi connectivity index (χ4n) is 4.17. The fraction of sp³-hybridized carbons (Fsp3) is 0.333. The largest absolute Gasteiger partial charge is 0.496 e. The second-order valence-corrected chi connectivity index (χ2v) is 7.07. The molecule has 2 aliphatic rings. The van der Waals surface area contributed by atoms with Crippen LogP contribution >= 0.6 is 0 Å². The van der Waals surface area contributed by atoms with E-state index in [1.807, 2.05) is 18.2 Å². The molecule has 1 aliphatic heterocycles. The molecule has 0 unspecified atom stereocenters. The van der Waals surface area contributed by atoms with Gasteiger partial charge in [-0.05, 0) is 49.4 Å². The maximum absolute atomic E-state index is 6.30. The minimum atomic E-state index is -0.417. The Morgan fingerprint density at radius 1 is 0.963 bits per heavy atom. The van der Waals surface area contributed by atoms with Crippen LogP contribution in [-0.4, -0.2) is 24.7 Å². The molecule has 1 fully saturated rings. The highest BCUT2D eigenvalue weighted by Crippen LogP contribution is 2.40. The number of hydrogen-bond acceptors (Lipinski definition) is 6. The maximum atomic E-state index is 6.30. The molecule has 1 spiro atoms. The number of benzene rings is 2. The predicted octanol–water partition coefficient (Wildman–Crippen LogP) is 3.47. The molecule has 140 valence electrons. The summed E-state index contributed by atoms with van der Waals surface area (Å²) in [4.78, 5) is 11.0. The van der Waals surface area contributed by atoms with Crippen LogP contribution in [0.4, 0.5) is 5.69 Å². The summed E-state index contributed by atoms with van der Waals surface area (Å²) < 4.78 is 5.48. The van der Waals surface area contributed by atoms with Gasteiger partial charge in [-0.15, -0.1) is 0 Å². The van der Waals surface area contributed by atoms with Crippen LogP contribution in [0.15, 0.2) is 58.5 Å². The number of aliphatic imine (C=N–C) groups is 2. The van der Waals surface area contributed by atoms with Crippen LogP contribution in [0.25, 0.3) is 11.1 Å². The molecule has 1 saturated carbocycles. The molecule has 2 aromatic rings. The first-order chi connectivity index (χ1) is 13.1. The molecule has 6 nitrogen and oxygen atoms in total. The van der Waals surface area contributed by atoms with E-state index in [1.165, 1.54) is 6.42 Å². The van der Waals surface area contributed by atoms with Gasteiger partial charge in [0.15, 0.2) is 0 Å². The van der Waals surface area contributed by atoms with Crippen LogP contribution in [0.1, 0.15) is 32.1 Å². The van der Waals surface area contributed by atoms with Crippen molar-refractivity contribution in [3.05, 3.63) is 48.5 Å². The summed E-state index contributed by atoms with van der Waals surface area (Å²) in [6.45, 7) is 0. The average Bonchev–Trinajstić information content (AvgIpc) is 2.68. The smallest absolute Gasteiger partial charge is 0.220 e. The van der Waals surface area contributed by atoms with Crippen LogP contribution in [0.2, 0.25) is 0 Å². The number of guanidine groups is 2. The molecular weight excluding hydrogens is 338 g/mol. The van der Waals surface area contributed by atoms with Gasteiger partial charge in [0, 0.05) is 11.3 Å². The molecule has 0 saturated heterocycles. The van der Waals surface area contributed by atoms with Crippen molar-refractivity contribution in [1.82, 2.24) is 0 Å². The van der Waals surface area contributed by atoms with E-state index in [1.54, 1.807) is 7.11 Å². The zero-order valence-electron chi connectivity index (χ0n) is 15.6. The maximum Gasteiger partial charge on any atom is 0.220 e. The van der Waals surface area contributed by atoms with Crippen LogP contribution in [0.3, 0.4) is 0 Å². The number of rotatable bonds is 3. The normalized spacial score (nSPS) is 18.8. The van der Waals surface area contributed by atoms with Crippen molar-refractivity contribution in [1.29, 1.82) is 0 Å². The van der Waals surface area contributed by atoms with Crippen LogP contribution in [0.5, 0.6) is 5.75 Å². The van der Waals surface area contributed by atoms with Crippen LogP contribution in [0, 0.1) is 0 Å². The molecule has 0 atom stereocenters. The molecule has 0 amide bonds. The molecule has 0 bridgehead atoms. The van der Waals surface area contributed by atoms with Crippen molar-refractivity contribution in [3.8, 4) is 16.9 Å². The van der Waals surface area contributed by atoms with E-state index in [4.69, 9.17) is 21.2 Å². The summed E-state index contributed by atoms with van der Waals surface area (Å²) in [5.41, 5.74) is 14.9. The number of anilines is 1. The third-order valence-corrected chi connectivity index (χ3v) is 5.39. The van der Waals surface area contributed by atoms with Gasteiger partial charge >= 0.3 is 0 Å². The lowest BCUT2D eigenvalue weighted by atomic mass is 9.87. The molecule has 27 heavy (non-hydrogen) atoms. The Bertz CT molecular complexity index is 882. The van der Waals surface area contributed by atoms with Gasteiger partial charge in [0.2, 0.25) is 11.9 Å². The molecule has 6 heteroatoms. The summed E-state index contributed by atoms with van der Waals surface area (Å²) in [5, 5.41) is 0. The highest BCUT2D eigenvalue weighted by atomic mass is 16.5. The number of nitrogens with two attached hydrogens (primary N) is 2. The summed E-state index contributed by atoms with van der Waals surface area (Å²) in [6.07, 6.45) is 5.30. The summed E-state index contributed by atoms with van der Waals surface area (Å²) in [6, 6.07) is 16.3. The van der Waals surface area contributed by atoms with E-state index in [9.17, 15) is 0 Å². The molecule has 1 heterocycles. The molecular formula is C21H25N5O. The minimum absolute atomic E-state index is 0.274. The Kier molecular flexibility index (Phi) is 4.48. The highest BCUT2D eigenvalue weighted by Gasteiger charge is 2.42. The highest BCUT2D eigenvalue weighted by molar-refractivity contribution is 6.05. The van der Waals surface area contributed by atoms with E-state index in [0.717, 1.165) is 48.2 Å². The van der Waals surface area contributed by atoms with Gasteiger partial charge in [-0.25, -0.2) is 4.99 Å². The third kappa shape index (κ3) is 3.12. The zero-order valence-corrected chi connectivity index (χ0v) is 15.6. The van der Waals surface area contributed by atoms with Crippen LogP contribution in [-0.2, 0) is 0 Å². The van der Waals surface area contributed by atoms with Gasteiger partial charge in [0.05, 0.1) is 7.11 Å².